The maximum Gasteiger partial charge on any atom is 0.323 e. The third-order valence-electron chi connectivity index (χ3n) is 3.43. The lowest BCUT2D eigenvalue weighted by atomic mass is 9.92. The third-order valence-corrected chi connectivity index (χ3v) is 3.43. The third kappa shape index (κ3) is 3.22. The van der Waals surface area contributed by atoms with Crippen LogP contribution in [0.15, 0.2) is 18.2 Å². The monoisotopic (exact) mass is 279 g/mol. The highest BCUT2D eigenvalue weighted by atomic mass is 16.7. The second-order valence-electron chi connectivity index (χ2n) is 5.62. The van der Waals surface area contributed by atoms with Crippen molar-refractivity contribution in [2.75, 3.05) is 6.79 Å². The molecule has 0 fully saturated rings. The number of hydrogen-bond donors (Lipinski definition) is 2. The average Bonchev–Trinajstić information content (AvgIpc) is 2.82. The Balaban J connectivity index is 2.04. The Morgan fingerprint density at radius 1 is 1.40 bits per heavy atom. The summed E-state index contributed by atoms with van der Waals surface area (Å²) in [5, 5.41) is 12.5. The molecule has 1 aliphatic heterocycles. The van der Waals surface area contributed by atoms with E-state index in [0.717, 1.165) is 17.1 Å². The van der Waals surface area contributed by atoms with Gasteiger partial charge in [0, 0.05) is 6.04 Å². The van der Waals surface area contributed by atoms with Crippen LogP contribution < -0.4 is 14.8 Å². The number of carboxylic acids is 1. The Bertz CT molecular complexity index is 501. The summed E-state index contributed by atoms with van der Waals surface area (Å²) in [6.07, 6.45) is 1.18. The first kappa shape index (κ1) is 14.7. The largest absolute Gasteiger partial charge is 0.480 e. The van der Waals surface area contributed by atoms with E-state index in [2.05, 4.69) is 5.32 Å². The summed E-state index contributed by atoms with van der Waals surface area (Å²) in [5.74, 6) is 0.651. The number of rotatable bonds is 6. The van der Waals surface area contributed by atoms with Crippen molar-refractivity contribution in [1.29, 1.82) is 0 Å². The van der Waals surface area contributed by atoms with Crippen LogP contribution in [0.2, 0.25) is 0 Å². The van der Waals surface area contributed by atoms with E-state index in [1.807, 2.05) is 32.0 Å². The quantitative estimate of drug-likeness (QED) is 0.835. The van der Waals surface area contributed by atoms with Crippen molar-refractivity contribution in [3.63, 3.8) is 0 Å². The van der Waals surface area contributed by atoms with Crippen molar-refractivity contribution >= 4 is 5.97 Å². The maximum absolute atomic E-state index is 11.5. The molecule has 0 aliphatic carbocycles. The van der Waals surface area contributed by atoms with Crippen LogP contribution in [0, 0.1) is 0 Å². The number of carbonyl (C=O) groups is 1. The van der Waals surface area contributed by atoms with Crippen LogP contribution in [0.25, 0.3) is 0 Å². The molecule has 0 saturated carbocycles. The van der Waals surface area contributed by atoms with Gasteiger partial charge in [-0.05, 0) is 51.3 Å². The van der Waals surface area contributed by atoms with Crippen molar-refractivity contribution in [1.82, 2.24) is 5.32 Å². The lowest BCUT2D eigenvalue weighted by molar-refractivity contribution is -0.144. The van der Waals surface area contributed by atoms with Gasteiger partial charge in [-0.15, -0.1) is 0 Å². The molecule has 0 aromatic heterocycles. The van der Waals surface area contributed by atoms with Gasteiger partial charge in [0.05, 0.1) is 0 Å². The van der Waals surface area contributed by atoms with E-state index in [1.165, 1.54) is 0 Å². The average molecular weight is 279 g/mol. The molecule has 0 amide bonds. The summed E-state index contributed by atoms with van der Waals surface area (Å²) in [6.45, 7) is 5.87. The predicted octanol–water partition coefficient (Wildman–Crippen LogP) is 2.19. The lowest BCUT2D eigenvalue weighted by Crippen LogP contribution is -2.52. The molecule has 0 saturated heterocycles. The topological polar surface area (TPSA) is 67.8 Å². The van der Waals surface area contributed by atoms with Crippen LogP contribution in [0.4, 0.5) is 0 Å². The molecule has 1 aromatic rings. The van der Waals surface area contributed by atoms with Crippen molar-refractivity contribution in [3.05, 3.63) is 23.8 Å². The van der Waals surface area contributed by atoms with Gasteiger partial charge in [-0.25, -0.2) is 0 Å². The van der Waals surface area contributed by atoms with E-state index in [-0.39, 0.29) is 12.8 Å². The molecule has 0 radical (unpaired) electrons. The summed E-state index contributed by atoms with van der Waals surface area (Å²) in [4.78, 5) is 11.5. The van der Waals surface area contributed by atoms with Crippen LogP contribution in [-0.2, 0) is 11.2 Å². The molecule has 0 bridgehead atoms. The SMILES string of the molecule is CC(C)NC(C)(CCc1ccc2c(c1)OCO2)C(=O)O. The molecule has 1 aliphatic rings. The first-order valence-corrected chi connectivity index (χ1v) is 6.80. The predicted molar refractivity (Wildman–Crippen MR) is 75.2 cm³/mol. The Morgan fingerprint density at radius 3 is 2.75 bits per heavy atom. The number of nitrogens with one attached hydrogen (secondary N) is 1. The molecule has 2 rings (SSSR count). The number of carboxylic acid groups (broad SMARTS) is 1. The van der Waals surface area contributed by atoms with Gasteiger partial charge in [-0.2, -0.15) is 0 Å². The highest BCUT2D eigenvalue weighted by Gasteiger charge is 2.33. The number of fused-ring (bicyclic) bond motifs is 1. The fourth-order valence-electron chi connectivity index (χ4n) is 2.37. The zero-order valence-corrected chi connectivity index (χ0v) is 12.1. The Hall–Kier alpha value is -1.75. The normalized spacial score (nSPS) is 16.2. The molecule has 20 heavy (non-hydrogen) atoms. The van der Waals surface area contributed by atoms with E-state index < -0.39 is 11.5 Å². The lowest BCUT2D eigenvalue weighted by Gasteiger charge is -2.28. The Labute approximate surface area is 118 Å². The van der Waals surface area contributed by atoms with E-state index >= 15 is 0 Å². The van der Waals surface area contributed by atoms with E-state index in [4.69, 9.17) is 9.47 Å². The summed E-state index contributed by atoms with van der Waals surface area (Å²) >= 11 is 0. The van der Waals surface area contributed by atoms with Crippen molar-refractivity contribution in [3.8, 4) is 11.5 Å². The van der Waals surface area contributed by atoms with E-state index in [1.54, 1.807) is 6.92 Å². The maximum atomic E-state index is 11.5. The van der Waals surface area contributed by atoms with Crippen LogP contribution >= 0.6 is 0 Å². The van der Waals surface area contributed by atoms with Crippen LogP contribution in [0.1, 0.15) is 32.8 Å². The summed E-state index contributed by atoms with van der Waals surface area (Å²) < 4.78 is 10.6. The Kier molecular flexibility index (Phi) is 4.18. The van der Waals surface area contributed by atoms with Crippen molar-refractivity contribution in [2.45, 2.75) is 45.2 Å². The van der Waals surface area contributed by atoms with Gasteiger partial charge in [0.2, 0.25) is 6.79 Å². The molecule has 1 atom stereocenters. The number of benzene rings is 1. The van der Waals surface area contributed by atoms with E-state index in [9.17, 15) is 9.90 Å². The molecular weight excluding hydrogens is 258 g/mol. The molecule has 2 N–H and O–H groups in total. The fraction of sp³-hybridized carbons (Fsp3) is 0.533. The van der Waals surface area contributed by atoms with Gasteiger partial charge in [0.1, 0.15) is 5.54 Å². The van der Waals surface area contributed by atoms with Crippen molar-refractivity contribution in [2.24, 2.45) is 0 Å². The standard InChI is InChI=1S/C15H21NO4/c1-10(2)16-15(3,14(17)18)7-6-11-4-5-12-13(8-11)20-9-19-12/h4-5,8,10,16H,6-7,9H2,1-3H3,(H,17,18). The summed E-state index contributed by atoms with van der Waals surface area (Å²) in [6, 6.07) is 5.85. The molecule has 1 heterocycles. The van der Waals surface area contributed by atoms with Gasteiger partial charge in [0.25, 0.3) is 0 Å². The highest BCUT2D eigenvalue weighted by molar-refractivity contribution is 5.78. The van der Waals surface area contributed by atoms with Gasteiger partial charge >= 0.3 is 5.97 Å². The highest BCUT2D eigenvalue weighted by Crippen LogP contribution is 2.33. The molecule has 5 nitrogen and oxygen atoms in total. The van der Waals surface area contributed by atoms with Crippen LogP contribution in [0.3, 0.4) is 0 Å². The number of aryl methyl sites for hydroxylation is 1. The second kappa shape index (κ2) is 5.71. The minimum Gasteiger partial charge on any atom is -0.480 e. The number of aliphatic carboxylic acids is 1. The zero-order chi connectivity index (χ0) is 14.8. The molecule has 1 unspecified atom stereocenters. The molecule has 110 valence electrons. The van der Waals surface area contributed by atoms with Gasteiger partial charge in [0.15, 0.2) is 11.5 Å². The summed E-state index contributed by atoms with van der Waals surface area (Å²) in [7, 11) is 0. The minimum absolute atomic E-state index is 0.118. The molecule has 1 aromatic carbocycles. The second-order valence-corrected chi connectivity index (χ2v) is 5.62. The van der Waals surface area contributed by atoms with E-state index in [0.29, 0.717) is 12.8 Å². The van der Waals surface area contributed by atoms with Crippen molar-refractivity contribution < 1.29 is 19.4 Å². The van der Waals surface area contributed by atoms with Gasteiger partial charge in [-0.3, -0.25) is 10.1 Å². The molecule has 5 heteroatoms. The molecule has 0 spiro atoms. The zero-order valence-electron chi connectivity index (χ0n) is 12.1. The van der Waals surface area contributed by atoms with Crippen LogP contribution in [-0.4, -0.2) is 29.4 Å². The van der Waals surface area contributed by atoms with Gasteiger partial charge in [-0.1, -0.05) is 6.07 Å². The van der Waals surface area contributed by atoms with Crippen LogP contribution in [0.5, 0.6) is 11.5 Å². The molecular formula is C15H21NO4. The van der Waals surface area contributed by atoms with Gasteiger partial charge < -0.3 is 14.6 Å². The number of hydrogen-bond acceptors (Lipinski definition) is 4. The smallest absolute Gasteiger partial charge is 0.323 e. The Morgan fingerprint density at radius 2 is 2.10 bits per heavy atom. The first-order valence-electron chi connectivity index (χ1n) is 6.80. The number of ether oxygens (including phenoxy) is 2. The fourth-order valence-corrected chi connectivity index (χ4v) is 2.37. The summed E-state index contributed by atoms with van der Waals surface area (Å²) in [5.41, 5.74) is 0.122. The first-order chi connectivity index (χ1) is 9.40. The minimum atomic E-state index is -0.926.